The van der Waals surface area contributed by atoms with Crippen molar-refractivity contribution >= 4 is 45.5 Å². The van der Waals surface area contributed by atoms with Gasteiger partial charge >= 0.3 is 6.03 Å². The van der Waals surface area contributed by atoms with Gasteiger partial charge in [0.15, 0.2) is 11.5 Å². The van der Waals surface area contributed by atoms with Gasteiger partial charge in [-0.1, -0.05) is 52.3 Å². The highest BCUT2D eigenvalue weighted by atomic mass is 79.9. The second-order valence-corrected chi connectivity index (χ2v) is 8.43. The molecule has 0 aromatic heterocycles. The number of halogens is 1. The Morgan fingerprint density at radius 3 is 2.32 bits per heavy atom. The van der Waals surface area contributed by atoms with E-state index in [4.69, 9.17) is 9.47 Å². The molecule has 0 aliphatic carbocycles. The van der Waals surface area contributed by atoms with Crippen molar-refractivity contribution in [3.8, 4) is 11.5 Å². The van der Waals surface area contributed by atoms with Crippen LogP contribution in [0.3, 0.4) is 0 Å². The molecule has 1 N–H and O–H groups in total. The number of hydrogen-bond acceptors (Lipinski definition) is 5. The molecule has 0 bridgehead atoms. The van der Waals surface area contributed by atoms with E-state index in [1.165, 1.54) is 13.2 Å². The minimum absolute atomic E-state index is 0.170. The van der Waals surface area contributed by atoms with E-state index in [-0.39, 0.29) is 11.7 Å². The van der Waals surface area contributed by atoms with Crippen LogP contribution in [0.1, 0.15) is 24.2 Å². The lowest BCUT2D eigenvalue weighted by molar-refractivity contribution is -0.122. The standard InChI is InChI=1S/C26H21BrN2O5/c1-16(18-6-4-3-5-7-18)34-22-13-8-17(15-23(22)33-2)14-21-24(30)28-26(32)29(25(21)31)20-11-9-19(27)10-12-20/h3-16H,1-2H3,(H,28,30,32)/b21-14-/t16-/m1/s1. The second kappa shape index (κ2) is 9.93. The molecule has 1 saturated heterocycles. The predicted octanol–water partition coefficient (Wildman–Crippen LogP) is 5.26. The number of ether oxygens (including phenoxy) is 2. The van der Waals surface area contributed by atoms with Crippen LogP contribution in [0.5, 0.6) is 11.5 Å². The van der Waals surface area contributed by atoms with E-state index >= 15 is 0 Å². The summed E-state index contributed by atoms with van der Waals surface area (Å²) in [5.41, 5.74) is 1.73. The molecule has 1 heterocycles. The molecule has 34 heavy (non-hydrogen) atoms. The van der Waals surface area contributed by atoms with Gasteiger partial charge in [0.05, 0.1) is 12.8 Å². The average Bonchev–Trinajstić information content (AvgIpc) is 2.84. The van der Waals surface area contributed by atoms with Gasteiger partial charge in [-0.3, -0.25) is 14.9 Å². The number of benzene rings is 3. The molecule has 0 saturated carbocycles. The first kappa shape index (κ1) is 23.3. The molecule has 1 atom stereocenters. The molecular weight excluding hydrogens is 500 g/mol. The number of anilines is 1. The topological polar surface area (TPSA) is 84.9 Å². The third-order valence-corrected chi connectivity index (χ3v) is 5.79. The minimum atomic E-state index is -0.800. The first-order valence-electron chi connectivity index (χ1n) is 10.4. The maximum absolute atomic E-state index is 13.1. The van der Waals surface area contributed by atoms with Gasteiger partial charge in [0.1, 0.15) is 11.7 Å². The molecule has 8 heteroatoms. The van der Waals surface area contributed by atoms with Crippen molar-refractivity contribution in [1.29, 1.82) is 0 Å². The zero-order valence-corrected chi connectivity index (χ0v) is 20.0. The van der Waals surface area contributed by atoms with Crippen LogP contribution in [-0.4, -0.2) is 25.0 Å². The predicted molar refractivity (Wildman–Crippen MR) is 132 cm³/mol. The molecule has 0 unspecified atom stereocenters. The van der Waals surface area contributed by atoms with Crippen LogP contribution in [0.2, 0.25) is 0 Å². The van der Waals surface area contributed by atoms with Crippen molar-refractivity contribution < 1.29 is 23.9 Å². The number of nitrogens with one attached hydrogen (secondary N) is 1. The summed E-state index contributed by atoms with van der Waals surface area (Å²) in [5, 5.41) is 2.22. The van der Waals surface area contributed by atoms with E-state index in [0.29, 0.717) is 22.7 Å². The van der Waals surface area contributed by atoms with Gasteiger partial charge in [0.25, 0.3) is 11.8 Å². The third kappa shape index (κ3) is 4.87. The van der Waals surface area contributed by atoms with Crippen LogP contribution in [0.4, 0.5) is 10.5 Å². The maximum Gasteiger partial charge on any atom is 0.335 e. The third-order valence-electron chi connectivity index (χ3n) is 5.26. The number of hydrogen-bond donors (Lipinski definition) is 1. The lowest BCUT2D eigenvalue weighted by Gasteiger charge is -2.26. The number of carbonyl (C=O) groups is 3. The fourth-order valence-corrected chi connectivity index (χ4v) is 3.77. The summed E-state index contributed by atoms with van der Waals surface area (Å²) in [4.78, 5) is 38.8. The number of methoxy groups -OCH3 is 1. The Kier molecular flexibility index (Phi) is 6.79. The van der Waals surface area contributed by atoms with Crippen molar-refractivity contribution in [2.24, 2.45) is 0 Å². The molecule has 4 amide bonds. The fourth-order valence-electron chi connectivity index (χ4n) is 3.50. The Hall–Kier alpha value is -3.91. The van der Waals surface area contributed by atoms with Gasteiger partial charge in [-0.25, -0.2) is 9.69 Å². The van der Waals surface area contributed by atoms with Crippen molar-refractivity contribution in [1.82, 2.24) is 5.32 Å². The number of amides is 4. The summed E-state index contributed by atoms with van der Waals surface area (Å²) < 4.78 is 12.3. The first-order valence-corrected chi connectivity index (χ1v) is 11.2. The van der Waals surface area contributed by atoms with Crippen molar-refractivity contribution in [2.75, 3.05) is 12.0 Å². The SMILES string of the molecule is COc1cc(/C=C2/C(=O)NC(=O)N(c3ccc(Br)cc3)C2=O)ccc1O[C@H](C)c1ccccc1. The van der Waals surface area contributed by atoms with Crippen LogP contribution in [0.15, 0.2) is 82.8 Å². The highest BCUT2D eigenvalue weighted by Crippen LogP contribution is 2.33. The Morgan fingerprint density at radius 1 is 0.941 bits per heavy atom. The quantitative estimate of drug-likeness (QED) is 0.353. The smallest absolute Gasteiger partial charge is 0.335 e. The zero-order valence-electron chi connectivity index (χ0n) is 18.4. The summed E-state index contributed by atoms with van der Waals surface area (Å²) >= 11 is 3.32. The van der Waals surface area contributed by atoms with Gasteiger partial charge < -0.3 is 9.47 Å². The van der Waals surface area contributed by atoms with E-state index < -0.39 is 17.8 Å². The molecule has 1 aliphatic rings. The van der Waals surface area contributed by atoms with E-state index in [9.17, 15) is 14.4 Å². The van der Waals surface area contributed by atoms with Gasteiger partial charge in [0.2, 0.25) is 0 Å². The molecule has 3 aromatic rings. The number of urea groups is 1. The number of imide groups is 2. The van der Waals surface area contributed by atoms with Crippen LogP contribution < -0.4 is 19.7 Å². The zero-order chi connectivity index (χ0) is 24.2. The molecule has 7 nitrogen and oxygen atoms in total. The molecule has 0 spiro atoms. The number of barbiturate groups is 1. The Bertz CT molecular complexity index is 1270. The monoisotopic (exact) mass is 520 g/mol. The van der Waals surface area contributed by atoms with Gasteiger partial charge in [-0.05, 0) is 60.5 Å². The molecule has 1 fully saturated rings. The summed E-state index contributed by atoms with van der Waals surface area (Å²) in [6.45, 7) is 1.93. The number of rotatable bonds is 6. The summed E-state index contributed by atoms with van der Waals surface area (Å²) in [6, 6.07) is 20.7. The van der Waals surface area contributed by atoms with Crippen molar-refractivity contribution in [2.45, 2.75) is 13.0 Å². The molecule has 0 radical (unpaired) electrons. The van der Waals surface area contributed by atoms with E-state index in [2.05, 4.69) is 21.2 Å². The molecule has 4 rings (SSSR count). The van der Waals surface area contributed by atoms with E-state index in [1.807, 2.05) is 37.3 Å². The number of carbonyl (C=O) groups excluding carboxylic acids is 3. The normalized spacial score (nSPS) is 15.8. The Balaban J connectivity index is 1.62. The molecular formula is C26H21BrN2O5. The maximum atomic E-state index is 13.1. The fraction of sp³-hybridized carbons (Fsp3) is 0.115. The summed E-state index contributed by atoms with van der Waals surface area (Å²) in [6.07, 6.45) is 1.21. The van der Waals surface area contributed by atoms with Crippen molar-refractivity contribution in [3.05, 3.63) is 94.0 Å². The largest absolute Gasteiger partial charge is 0.493 e. The van der Waals surface area contributed by atoms with Gasteiger partial charge in [-0.2, -0.15) is 0 Å². The van der Waals surface area contributed by atoms with Gasteiger partial charge in [0, 0.05) is 4.47 Å². The summed E-state index contributed by atoms with van der Waals surface area (Å²) in [5.74, 6) is -0.512. The van der Waals surface area contributed by atoms with E-state index in [0.717, 1.165) is 14.9 Å². The Morgan fingerprint density at radius 2 is 1.65 bits per heavy atom. The molecule has 3 aromatic carbocycles. The van der Waals surface area contributed by atoms with Crippen LogP contribution >= 0.6 is 15.9 Å². The molecule has 172 valence electrons. The van der Waals surface area contributed by atoms with Crippen LogP contribution in [0, 0.1) is 0 Å². The van der Waals surface area contributed by atoms with Crippen LogP contribution in [-0.2, 0) is 9.59 Å². The van der Waals surface area contributed by atoms with E-state index in [1.54, 1.807) is 42.5 Å². The summed E-state index contributed by atoms with van der Waals surface area (Å²) in [7, 11) is 1.51. The minimum Gasteiger partial charge on any atom is -0.493 e. The lowest BCUT2D eigenvalue weighted by Crippen LogP contribution is -2.54. The van der Waals surface area contributed by atoms with Crippen molar-refractivity contribution in [3.63, 3.8) is 0 Å². The second-order valence-electron chi connectivity index (χ2n) is 7.52. The Labute approximate surface area is 205 Å². The van der Waals surface area contributed by atoms with Gasteiger partial charge in [-0.15, -0.1) is 0 Å². The average molecular weight is 521 g/mol. The highest BCUT2D eigenvalue weighted by Gasteiger charge is 2.36. The number of nitrogens with zero attached hydrogens (tertiary/aromatic N) is 1. The van der Waals surface area contributed by atoms with Crippen LogP contribution in [0.25, 0.3) is 6.08 Å². The lowest BCUT2D eigenvalue weighted by atomic mass is 10.1. The molecule has 1 aliphatic heterocycles. The first-order chi connectivity index (χ1) is 16.4. The highest BCUT2D eigenvalue weighted by molar-refractivity contribution is 9.10.